The van der Waals surface area contributed by atoms with E-state index in [9.17, 15) is 14.4 Å². The normalized spacial score (nSPS) is 22.0. The fraction of sp³-hybridized carbons (Fsp3) is 0.444. The molecule has 0 unspecified atom stereocenters. The molecule has 0 bridgehead atoms. The number of hydrogen-bond donors (Lipinski definition) is 2. The Kier molecular flexibility index (Phi) is 7.03. The van der Waals surface area contributed by atoms with E-state index in [0.29, 0.717) is 12.1 Å². The van der Waals surface area contributed by atoms with Crippen LogP contribution in [-0.2, 0) is 16.0 Å². The highest BCUT2D eigenvalue weighted by Crippen LogP contribution is 2.56. The summed E-state index contributed by atoms with van der Waals surface area (Å²) in [5.41, 5.74) is 2.76. The van der Waals surface area contributed by atoms with Crippen LogP contribution in [0, 0.1) is 5.92 Å². The lowest BCUT2D eigenvalue weighted by molar-refractivity contribution is -0.132. The number of fused-ring (bicyclic) bond motifs is 3. The first-order valence-electron chi connectivity index (χ1n) is 12.0. The Morgan fingerprint density at radius 2 is 1.76 bits per heavy atom. The van der Waals surface area contributed by atoms with Gasteiger partial charge >= 0.3 is 0 Å². The molecule has 0 aliphatic carbocycles. The zero-order chi connectivity index (χ0) is 24.5. The van der Waals surface area contributed by atoms with Crippen molar-refractivity contribution in [3.05, 3.63) is 71.3 Å². The van der Waals surface area contributed by atoms with Crippen molar-refractivity contribution in [1.82, 2.24) is 15.5 Å². The van der Waals surface area contributed by atoms with Gasteiger partial charge in [-0.3, -0.25) is 14.4 Å². The smallest absolute Gasteiger partial charge is 0.256 e. The number of thioether (sulfide) groups is 1. The van der Waals surface area contributed by atoms with Crippen molar-refractivity contribution < 1.29 is 14.4 Å². The fourth-order valence-corrected chi connectivity index (χ4v) is 6.41. The van der Waals surface area contributed by atoms with E-state index in [4.69, 9.17) is 0 Å². The lowest BCUT2D eigenvalue weighted by Gasteiger charge is -2.32. The minimum atomic E-state index is -0.661. The van der Waals surface area contributed by atoms with Crippen LogP contribution in [0.25, 0.3) is 0 Å². The zero-order valence-corrected chi connectivity index (χ0v) is 21.0. The molecule has 3 amide bonds. The summed E-state index contributed by atoms with van der Waals surface area (Å²) in [5.74, 6) is -0.620. The monoisotopic (exact) mass is 479 g/mol. The maximum atomic E-state index is 13.6. The van der Waals surface area contributed by atoms with Gasteiger partial charge in [0.1, 0.15) is 17.5 Å². The van der Waals surface area contributed by atoms with E-state index in [2.05, 4.69) is 10.6 Å². The number of amides is 3. The van der Waals surface area contributed by atoms with E-state index in [1.54, 1.807) is 16.7 Å². The maximum absolute atomic E-state index is 13.6. The number of carbonyl (C=O) groups excluding carboxylic acids is 3. The molecule has 34 heavy (non-hydrogen) atoms. The fourth-order valence-electron chi connectivity index (χ4n) is 4.82. The minimum absolute atomic E-state index is 0.0416. The zero-order valence-electron chi connectivity index (χ0n) is 20.2. The van der Waals surface area contributed by atoms with Crippen LogP contribution >= 0.6 is 11.8 Å². The van der Waals surface area contributed by atoms with Crippen LogP contribution in [-0.4, -0.2) is 46.0 Å². The second-order valence-corrected chi connectivity index (χ2v) is 11.4. The van der Waals surface area contributed by atoms with Crippen LogP contribution < -0.4 is 10.6 Å². The molecule has 4 rings (SSSR count). The van der Waals surface area contributed by atoms with Crippen molar-refractivity contribution in [2.24, 2.45) is 5.92 Å². The molecule has 2 heterocycles. The van der Waals surface area contributed by atoms with Gasteiger partial charge in [0.25, 0.3) is 5.91 Å². The van der Waals surface area contributed by atoms with E-state index in [0.717, 1.165) is 24.0 Å². The number of rotatable bonds is 8. The van der Waals surface area contributed by atoms with Gasteiger partial charge in [0.2, 0.25) is 11.8 Å². The number of nitrogens with one attached hydrogen (secondary N) is 2. The average molecular weight is 480 g/mol. The molecule has 2 aliphatic heterocycles. The Labute approximate surface area is 205 Å². The molecule has 0 aromatic heterocycles. The quantitative estimate of drug-likeness (QED) is 0.602. The molecule has 180 valence electrons. The van der Waals surface area contributed by atoms with E-state index in [-0.39, 0.29) is 29.0 Å². The Bertz CT molecular complexity index is 1070. The molecule has 0 saturated carbocycles. The van der Waals surface area contributed by atoms with Crippen LogP contribution in [0.2, 0.25) is 0 Å². The minimum Gasteiger partial charge on any atom is -0.354 e. The summed E-state index contributed by atoms with van der Waals surface area (Å²) in [6.45, 7) is 8.46. The molecule has 6 nitrogen and oxygen atoms in total. The largest absolute Gasteiger partial charge is 0.354 e. The topological polar surface area (TPSA) is 78.5 Å². The maximum Gasteiger partial charge on any atom is 0.256 e. The van der Waals surface area contributed by atoms with Gasteiger partial charge < -0.3 is 15.5 Å². The summed E-state index contributed by atoms with van der Waals surface area (Å²) in [6.07, 6.45) is 1.47. The Morgan fingerprint density at radius 1 is 1.09 bits per heavy atom. The number of benzene rings is 2. The first kappa shape index (κ1) is 24.3. The lowest BCUT2D eigenvalue weighted by Crippen LogP contribution is -2.58. The first-order valence-corrected chi connectivity index (χ1v) is 12.8. The van der Waals surface area contributed by atoms with Gasteiger partial charge in [-0.25, -0.2) is 0 Å². The highest BCUT2D eigenvalue weighted by molar-refractivity contribution is 8.01. The molecule has 0 radical (unpaired) electrons. The molecule has 2 aromatic rings. The summed E-state index contributed by atoms with van der Waals surface area (Å²) < 4.78 is -0.484. The molecule has 0 spiro atoms. The van der Waals surface area contributed by atoms with Crippen molar-refractivity contribution in [1.29, 1.82) is 0 Å². The SMILES string of the molecule is CC[C@H](C)[C@H](NC(=O)[C@H]1N2C(=O)c3ccccc3[C@@H]2SC1(C)C)C(=O)NCCc1ccccc1. The third kappa shape index (κ3) is 4.58. The van der Waals surface area contributed by atoms with Crippen LogP contribution in [0.3, 0.4) is 0 Å². The van der Waals surface area contributed by atoms with Crippen LogP contribution in [0.4, 0.5) is 0 Å². The van der Waals surface area contributed by atoms with Gasteiger partial charge in [-0.05, 0) is 43.4 Å². The Morgan fingerprint density at radius 3 is 2.47 bits per heavy atom. The highest BCUT2D eigenvalue weighted by atomic mass is 32.2. The van der Waals surface area contributed by atoms with Crippen molar-refractivity contribution in [2.75, 3.05) is 6.54 Å². The van der Waals surface area contributed by atoms with Crippen LogP contribution in [0.5, 0.6) is 0 Å². The number of hydrogen-bond acceptors (Lipinski definition) is 4. The second kappa shape index (κ2) is 9.82. The van der Waals surface area contributed by atoms with Crippen LogP contribution in [0.15, 0.2) is 54.6 Å². The van der Waals surface area contributed by atoms with Gasteiger partial charge in [0.05, 0.1) is 0 Å². The van der Waals surface area contributed by atoms with Gasteiger partial charge in [-0.15, -0.1) is 11.8 Å². The summed E-state index contributed by atoms with van der Waals surface area (Å²) in [4.78, 5) is 41.7. The van der Waals surface area contributed by atoms with Crippen molar-refractivity contribution in [3.63, 3.8) is 0 Å². The average Bonchev–Trinajstić information content (AvgIpc) is 3.26. The standard InChI is InChI=1S/C27H33N3O3S/c1-5-17(2)21(23(31)28-16-15-18-11-7-6-8-12-18)29-24(32)22-27(3,4)34-26-20-14-10-9-13-19(20)25(33)30(22)26/h6-14,17,21-22,26H,5,15-16H2,1-4H3,(H,28,31)(H,29,32)/t17-,21-,22+,26-/m0/s1. The predicted molar refractivity (Wildman–Crippen MR) is 135 cm³/mol. The van der Waals surface area contributed by atoms with Gasteiger partial charge in [-0.2, -0.15) is 0 Å². The van der Waals surface area contributed by atoms with E-state index in [1.165, 1.54) is 0 Å². The number of nitrogens with zero attached hydrogens (tertiary/aromatic N) is 1. The molecule has 1 fully saturated rings. The van der Waals surface area contributed by atoms with Crippen molar-refractivity contribution >= 4 is 29.5 Å². The molecule has 7 heteroatoms. The third-order valence-corrected chi connectivity index (χ3v) is 8.43. The third-order valence-electron chi connectivity index (χ3n) is 6.89. The number of carbonyl (C=O) groups is 3. The predicted octanol–water partition coefficient (Wildman–Crippen LogP) is 3.92. The molecule has 2 N–H and O–H groups in total. The van der Waals surface area contributed by atoms with E-state index < -0.39 is 16.8 Å². The first-order chi connectivity index (χ1) is 16.2. The molecule has 2 aromatic carbocycles. The molecular weight excluding hydrogens is 446 g/mol. The van der Waals surface area contributed by atoms with Gasteiger partial charge in [0.15, 0.2) is 0 Å². The van der Waals surface area contributed by atoms with Gasteiger partial charge in [-0.1, -0.05) is 68.8 Å². The van der Waals surface area contributed by atoms with E-state index in [1.807, 2.05) is 82.3 Å². The lowest BCUT2D eigenvalue weighted by atomic mass is 9.95. The molecule has 2 aliphatic rings. The summed E-state index contributed by atoms with van der Waals surface area (Å²) in [5, 5.41) is 5.82. The second-order valence-electron chi connectivity index (χ2n) is 9.67. The van der Waals surface area contributed by atoms with E-state index >= 15 is 0 Å². The van der Waals surface area contributed by atoms with Crippen molar-refractivity contribution in [2.45, 2.75) is 62.7 Å². The molecule has 1 saturated heterocycles. The Hall–Kier alpha value is -2.80. The summed E-state index contributed by atoms with van der Waals surface area (Å²) in [6, 6.07) is 16.2. The summed E-state index contributed by atoms with van der Waals surface area (Å²) >= 11 is 1.63. The van der Waals surface area contributed by atoms with Crippen molar-refractivity contribution in [3.8, 4) is 0 Å². The molecular formula is C27H33N3O3S. The summed E-state index contributed by atoms with van der Waals surface area (Å²) in [7, 11) is 0. The molecule has 4 atom stereocenters. The highest BCUT2D eigenvalue weighted by Gasteiger charge is 2.57. The van der Waals surface area contributed by atoms with Crippen LogP contribution in [0.1, 0.15) is 61.0 Å². The Balaban J connectivity index is 1.48. The van der Waals surface area contributed by atoms with Gasteiger partial charge in [0, 0.05) is 16.9 Å².